The fourth-order valence-corrected chi connectivity index (χ4v) is 1.50. The molecule has 2 aromatic heterocycles. The first-order valence-corrected chi connectivity index (χ1v) is 4.80. The van der Waals surface area contributed by atoms with Gasteiger partial charge in [-0.05, 0) is 19.1 Å². The molecule has 15 heavy (non-hydrogen) atoms. The van der Waals surface area contributed by atoms with E-state index >= 15 is 0 Å². The van der Waals surface area contributed by atoms with Gasteiger partial charge in [0.1, 0.15) is 5.69 Å². The Morgan fingerprint density at radius 3 is 2.67 bits per heavy atom. The van der Waals surface area contributed by atoms with Gasteiger partial charge >= 0.3 is 0 Å². The van der Waals surface area contributed by atoms with Crippen LogP contribution in [0.2, 0.25) is 0 Å². The number of hydrogen-bond acceptors (Lipinski definition) is 4. The molecule has 1 N–H and O–H groups in total. The predicted molar refractivity (Wildman–Crippen MR) is 54.8 cm³/mol. The van der Waals surface area contributed by atoms with Gasteiger partial charge in [-0.2, -0.15) is 0 Å². The van der Waals surface area contributed by atoms with E-state index in [-0.39, 0.29) is 6.61 Å². The Balaban J connectivity index is 2.55. The number of aromatic nitrogens is 4. The second-order valence-electron chi connectivity index (χ2n) is 3.09. The number of hydrogen-bond donors (Lipinski definition) is 1. The van der Waals surface area contributed by atoms with Gasteiger partial charge in [0, 0.05) is 24.5 Å². The molecule has 0 spiro atoms. The maximum atomic E-state index is 9.16. The van der Waals surface area contributed by atoms with Crippen molar-refractivity contribution in [3.63, 3.8) is 0 Å². The minimum Gasteiger partial charge on any atom is -0.390 e. The number of aliphatic hydroxyl groups is 1. The van der Waals surface area contributed by atoms with Crippen molar-refractivity contribution < 1.29 is 5.11 Å². The van der Waals surface area contributed by atoms with Crippen LogP contribution in [0, 0.1) is 0 Å². The molecule has 0 aliphatic carbocycles. The second-order valence-corrected chi connectivity index (χ2v) is 3.09. The molecule has 2 heterocycles. The molecular formula is C10H12N4O. The first-order valence-electron chi connectivity index (χ1n) is 4.80. The lowest BCUT2D eigenvalue weighted by atomic mass is 10.1. The molecule has 5 heteroatoms. The van der Waals surface area contributed by atoms with Gasteiger partial charge in [-0.3, -0.25) is 4.98 Å². The Kier molecular flexibility index (Phi) is 2.73. The van der Waals surface area contributed by atoms with Crippen molar-refractivity contribution in [3.8, 4) is 11.3 Å². The maximum Gasteiger partial charge on any atom is 0.116 e. The Morgan fingerprint density at radius 1 is 1.33 bits per heavy atom. The minimum atomic E-state index is -0.0995. The van der Waals surface area contributed by atoms with Crippen LogP contribution in [0.1, 0.15) is 12.6 Å². The number of rotatable bonds is 3. The molecule has 78 valence electrons. The van der Waals surface area contributed by atoms with Gasteiger partial charge in [0.05, 0.1) is 12.3 Å². The predicted octanol–water partition coefficient (Wildman–Crippen LogP) is 0.852. The third-order valence-electron chi connectivity index (χ3n) is 2.21. The van der Waals surface area contributed by atoms with Crippen LogP contribution in [0.25, 0.3) is 11.3 Å². The van der Waals surface area contributed by atoms with Gasteiger partial charge in [0.2, 0.25) is 0 Å². The SMILES string of the molecule is CCn1nnc(CO)c1-c1ccncc1. The third-order valence-corrected chi connectivity index (χ3v) is 2.21. The van der Waals surface area contributed by atoms with E-state index in [1.807, 2.05) is 19.1 Å². The molecule has 0 aliphatic heterocycles. The number of pyridine rings is 1. The molecule has 0 amide bonds. The summed E-state index contributed by atoms with van der Waals surface area (Å²) in [6.07, 6.45) is 3.42. The zero-order valence-corrected chi connectivity index (χ0v) is 8.46. The number of nitrogens with zero attached hydrogens (tertiary/aromatic N) is 4. The summed E-state index contributed by atoms with van der Waals surface area (Å²) in [5, 5.41) is 17.0. The third kappa shape index (κ3) is 1.73. The molecule has 2 aromatic rings. The van der Waals surface area contributed by atoms with Gasteiger partial charge in [-0.1, -0.05) is 5.21 Å². The molecule has 0 saturated carbocycles. The fraction of sp³-hybridized carbons (Fsp3) is 0.300. The summed E-state index contributed by atoms with van der Waals surface area (Å²) in [5.74, 6) is 0. The summed E-state index contributed by atoms with van der Waals surface area (Å²) in [6, 6.07) is 3.76. The van der Waals surface area contributed by atoms with E-state index in [1.165, 1.54) is 0 Å². The second kappa shape index (κ2) is 4.18. The van der Waals surface area contributed by atoms with Gasteiger partial charge in [-0.15, -0.1) is 5.10 Å². The minimum absolute atomic E-state index is 0.0995. The molecule has 2 rings (SSSR count). The van der Waals surface area contributed by atoms with Crippen molar-refractivity contribution in [2.45, 2.75) is 20.1 Å². The van der Waals surface area contributed by atoms with Crippen molar-refractivity contribution >= 4 is 0 Å². The summed E-state index contributed by atoms with van der Waals surface area (Å²) in [5.41, 5.74) is 2.44. The van der Waals surface area contributed by atoms with Crippen LogP contribution in [0.4, 0.5) is 0 Å². The van der Waals surface area contributed by atoms with Gasteiger partial charge in [0.15, 0.2) is 0 Å². The molecule has 0 saturated heterocycles. The van der Waals surface area contributed by atoms with E-state index in [1.54, 1.807) is 17.1 Å². The summed E-state index contributed by atoms with van der Waals surface area (Å²) < 4.78 is 1.76. The maximum absolute atomic E-state index is 9.16. The van der Waals surface area contributed by atoms with E-state index in [0.29, 0.717) is 5.69 Å². The Bertz CT molecular complexity index is 416. The van der Waals surface area contributed by atoms with Crippen molar-refractivity contribution in [2.24, 2.45) is 0 Å². The van der Waals surface area contributed by atoms with Gasteiger partial charge in [-0.25, -0.2) is 4.68 Å². The van der Waals surface area contributed by atoms with Crippen LogP contribution in [0.15, 0.2) is 24.5 Å². The zero-order valence-electron chi connectivity index (χ0n) is 8.46. The Morgan fingerprint density at radius 2 is 2.07 bits per heavy atom. The standard InChI is InChI=1S/C10H12N4O/c1-2-14-10(9(7-15)12-13-14)8-3-5-11-6-4-8/h3-6,15H,2,7H2,1H3. The molecule has 0 fully saturated rings. The molecule has 0 aliphatic rings. The zero-order chi connectivity index (χ0) is 10.7. The van der Waals surface area contributed by atoms with E-state index in [2.05, 4.69) is 15.3 Å². The summed E-state index contributed by atoms with van der Waals surface area (Å²) in [4.78, 5) is 3.95. The summed E-state index contributed by atoms with van der Waals surface area (Å²) in [7, 11) is 0. The summed E-state index contributed by atoms with van der Waals surface area (Å²) in [6.45, 7) is 2.61. The Hall–Kier alpha value is -1.75. The normalized spacial score (nSPS) is 10.5. The van der Waals surface area contributed by atoms with E-state index in [9.17, 15) is 0 Å². The molecule has 5 nitrogen and oxygen atoms in total. The topological polar surface area (TPSA) is 63.8 Å². The summed E-state index contributed by atoms with van der Waals surface area (Å²) >= 11 is 0. The van der Waals surface area contributed by atoms with E-state index < -0.39 is 0 Å². The van der Waals surface area contributed by atoms with Crippen molar-refractivity contribution in [1.29, 1.82) is 0 Å². The smallest absolute Gasteiger partial charge is 0.116 e. The monoisotopic (exact) mass is 204 g/mol. The Labute approximate surface area is 87.4 Å². The van der Waals surface area contributed by atoms with Crippen LogP contribution in [0.5, 0.6) is 0 Å². The van der Waals surface area contributed by atoms with Crippen LogP contribution in [0.3, 0.4) is 0 Å². The molecule has 0 atom stereocenters. The highest BCUT2D eigenvalue weighted by molar-refractivity contribution is 5.60. The molecular weight excluding hydrogens is 192 g/mol. The van der Waals surface area contributed by atoms with Crippen molar-refractivity contribution in [3.05, 3.63) is 30.2 Å². The average Bonchev–Trinajstić information content (AvgIpc) is 2.72. The number of aliphatic hydroxyl groups excluding tert-OH is 1. The highest BCUT2D eigenvalue weighted by Crippen LogP contribution is 2.21. The lowest BCUT2D eigenvalue weighted by Crippen LogP contribution is -2.00. The van der Waals surface area contributed by atoms with Crippen molar-refractivity contribution in [2.75, 3.05) is 0 Å². The van der Waals surface area contributed by atoms with Crippen LogP contribution in [-0.4, -0.2) is 25.1 Å². The fourth-order valence-electron chi connectivity index (χ4n) is 1.50. The van der Waals surface area contributed by atoms with Gasteiger partial charge in [0.25, 0.3) is 0 Å². The van der Waals surface area contributed by atoms with E-state index in [4.69, 9.17) is 5.11 Å². The molecule has 0 aromatic carbocycles. The average molecular weight is 204 g/mol. The number of aryl methyl sites for hydroxylation is 1. The van der Waals surface area contributed by atoms with Gasteiger partial charge < -0.3 is 5.11 Å². The highest BCUT2D eigenvalue weighted by Gasteiger charge is 2.12. The lowest BCUT2D eigenvalue weighted by molar-refractivity contribution is 0.277. The highest BCUT2D eigenvalue weighted by atomic mass is 16.3. The molecule has 0 unspecified atom stereocenters. The molecule has 0 bridgehead atoms. The van der Waals surface area contributed by atoms with Crippen molar-refractivity contribution in [1.82, 2.24) is 20.0 Å². The van der Waals surface area contributed by atoms with Crippen LogP contribution >= 0.6 is 0 Å². The van der Waals surface area contributed by atoms with Crippen LogP contribution < -0.4 is 0 Å². The largest absolute Gasteiger partial charge is 0.390 e. The molecule has 0 radical (unpaired) electrons. The van der Waals surface area contributed by atoms with Crippen LogP contribution in [-0.2, 0) is 13.2 Å². The quantitative estimate of drug-likeness (QED) is 0.805. The first-order chi connectivity index (χ1) is 7.36. The lowest BCUT2D eigenvalue weighted by Gasteiger charge is -2.04. The van der Waals surface area contributed by atoms with E-state index in [0.717, 1.165) is 17.8 Å². The first kappa shape index (κ1) is 9.79.